The van der Waals surface area contributed by atoms with Gasteiger partial charge in [0.15, 0.2) is 0 Å². The van der Waals surface area contributed by atoms with Crippen molar-refractivity contribution < 1.29 is 4.74 Å². The van der Waals surface area contributed by atoms with Gasteiger partial charge in [-0.15, -0.1) is 0 Å². The lowest BCUT2D eigenvalue weighted by Crippen LogP contribution is -2.45. The molecular formula is C6H13NOS. The van der Waals surface area contributed by atoms with Crippen molar-refractivity contribution in [3.8, 4) is 0 Å². The summed E-state index contributed by atoms with van der Waals surface area (Å²) < 4.78 is 5.40. The minimum absolute atomic E-state index is 0.324. The lowest BCUT2D eigenvalue weighted by atomic mass is 10.2. The van der Waals surface area contributed by atoms with Gasteiger partial charge >= 0.3 is 0 Å². The Morgan fingerprint density at radius 3 is 3.00 bits per heavy atom. The van der Waals surface area contributed by atoms with E-state index in [-0.39, 0.29) is 0 Å². The van der Waals surface area contributed by atoms with Crippen LogP contribution in [0, 0.1) is 0 Å². The zero-order chi connectivity index (χ0) is 6.69. The lowest BCUT2D eigenvalue weighted by molar-refractivity contribution is 0.0226. The highest BCUT2D eigenvalue weighted by molar-refractivity contribution is 7.80. The number of nitrogens with one attached hydrogen (secondary N) is 1. The third-order valence-electron chi connectivity index (χ3n) is 1.48. The number of thiol groups is 1. The van der Waals surface area contributed by atoms with E-state index in [1.54, 1.807) is 0 Å². The predicted molar refractivity (Wildman–Crippen MR) is 41.1 cm³/mol. The van der Waals surface area contributed by atoms with Crippen molar-refractivity contribution in [1.29, 1.82) is 0 Å². The summed E-state index contributed by atoms with van der Waals surface area (Å²) in [6, 6.07) is 0.515. The molecule has 1 heterocycles. The average molecular weight is 147 g/mol. The van der Waals surface area contributed by atoms with E-state index in [4.69, 9.17) is 4.74 Å². The molecule has 0 aromatic heterocycles. The SMILES string of the molecule is CC1COC(CS)CN1. The second-order valence-corrected chi connectivity index (χ2v) is 2.81. The van der Waals surface area contributed by atoms with Crippen LogP contribution in [0.4, 0.5) is 0 Å². The summed E-state index contributed by atoms with van der Waals surface area (Å²) in [4.78, 5) is 0. The van der Waals surface area contributed by atoms with Gasteiger partial charge < -0.3 is 10.1 Å². The summed E-state index contributed by atoms with van der Waals surface area (Å²) in [7, 11) is 0. The molecule has 9 heavy (non-hydrogen) atoms. The normalized spacial score (nSPS) is 36.7. The van der Waals surface area contributed by atoms with Gasteiger partial charge in [0, 0.05) is 18.3 Å². The van der Waals surface area contributed by atoms with Crippen LogP contribution in [0.5, 0.6) is 0 Å². The van der Waals surface area contributed by atoms with Crippen molar-refractivity contribution in [2.24, 2.45) is 0 Å². The van der Waals surface area contributed by atoms with Crippen LogP contribution in [-0.2, 0) is 4.74 Å². The third-order valence-corrected chi connectivity index (χ3v) is 1.89. The lowest BCUT2D eigenvalue weighted by Gasteiger charge is -2.26. The zero-order valence-corrected chi connectivity index (χ0v) is 6.53. The van der Waals surface area contributed by atoms with Gasteiger partial charge in [0.05, 0.1) is 12.7 Å². The first-order valence-electron chi connectivity index (χ1n) is 3.28. The number of ether oxygens (including phenoxy) is 1. The van der Waals surface area contributed by atoms with E-state index in [1.807, 2.05) is 0 Å². The van der Waals surface area contributed by atoms with Crippen LogP contribution in [0.2, 0.25) is 0 Å². The molecule has 3 heteroatoms. The van der Waals surface area contributed by atoms with Crippen molar-refractivity contribution >= 4 is 12.6 Å². The monoisotopic (exact) mass is 147 g/mol. The number of rotatable bonds is 1. The Kier molecular flexibility index (Phi) is 2.82. The maximum atomic E-state index is 5.40. The number of hydrogen-bond donors (Lipinski definition) is 2. The molecule has 54 valence electrons. The molecule has 1 rings (SSSR count). The van der Waals surface area contributed by atoms with E-state index in [0.717, 1.165) is 18.9 Å². The standard InChI is InChI=1S/C6H13NOS/c1-5-3-8-6(4-9)2-7-5/h5-7,9H,2-4H2,1H3. The Hall–Kier alpha value is 0.270. The molecule has 0 amide bonds. The predicted octanol–water partition coefficient (Wildman–Crippen LogP) is 0.293. The molecule has 0 aliphatic carbocycles. The first-order chi connectivity index (χ1) is 4.33. The number of hydrogen-bond acceptors (Lipinski definition) is 3. The van der Waals surface area contributed by atoms with Gasteiger partial charge in [-0.3, -0.25) is 0 Å². The van der Waals surface area contributed by atoms with Gasteiger partial charge in [0.2, 0.25) is 0 Å². The fourth-order valence-corrected chi connectivity index (χ4v) is 1.08. The maximum absolute atomic E-state index is 5.40. The van der Waals surface area contributed by atoms with E-state index in [0.29, 0.717) is 12.1 Å². The largest absolute Gasteiger partial charge is 0.374 e. The van der Waals surface area contributed by atoms with Gasteiger partial charge in [-0.05, 0) is 6.92 Å². The molecule has 1 aliphatic rings. The first-order valence-corrected chi connectivity index (χ1v) is 3.92. The molecule has 1 fully saturated rings. The summed E-state index contributed by atoms with van der Waals surface area (Å²) in [5.41, 5.74) is 0. The van der Waals surface area contributed by atoms with Gasteiger partial charge in [0.25, 0.3) is 0 Å². The molecule has 0 saturated carbocycles. The van der Waals surface area contributed by atoms with E-state index in [1.165, 1.54) is 0 Å². The fraction of sp³-hybridized carbons (Fsp3) is 1.00. The van der Waals surface area contributed by atoms with Gasteiger partial charge in [-0.25, -0.2) is 0 Å². The first kappa shape index (κ1) is 7.38. The molecule has 1 N–H and O–H groups in total. The highest BCUT2D eigenvalue weighted by atomic mass is 32.1. The van der Waals surface area contributed by atoms with Crippen molar-refractivity contribution in [2.75, 3.05) is 18.9 Å². The third kappa shape index (κ3) is 2.16. The highest BCUT2D eigenvalue weighted by Gasteiger charge is 2.15. The Balaban J connectivity index is 2.18. The summed E-state index contributed by atoms with van der Waals surface area (Å²) >= 11 is 4.13. The Morgan fingerprint density at radius 1 is 1.78 bits per heavy atom. The minimum Gasteiger partial charge on any atom is -0.374 e. The Labute approximate surface area is 61.4 Å². The fourth-order valence-electron chi connectivity index (χ4n) is 0.848. The topological polar surface area (TPSA) is 21.3 Å². The number of morpholine rings is 1. The van der Waals surface area contributed by atoms with Crippen LogP contribution in [-0.4, -0.2) is 31.1 Å². The Bertz CT molecular complexity index is 81.1. The molecule has 0 spiro atoms. The smallest absolute Gasteiger partial charge is 0.0788 e. The summed E-state index contributed by atoms with van der Waals surface area (Å²) in [5.74, 6) is 0.819. The zero-order valence-electron chi connectivity index (χ0n) is 5.63. The molecule has 2 atom stereocenters. The van der Waals surface area contributed by atoms with Crippen LogP contribution >= 0.6 is 12.6 Å². The van der Waals surface area contributed by atoms with Crippen LogP contribution in [0.15, 0.2) is 0 Å². The van der Waals surface area contributed by atoms with Crippen LogP contribution in [0.1, 0.15) is 6.92 Å². The second-order valence-electron chi connectivity index (χ2n) is 2.45. The van der Waals surface area contributed by atoms with E-state index < -0.39 is 0 Å². The van der Waals surface area contributed by atoms with Gasteiger partial charge in [-0.2, -0.15) is 12.6 Å². The average Bonchev–Trinajstić information content (AvgIpc) is 1.90. The van der Waals surface area contributed by atoms with E-state index in [2.05, 4.69) is 24.9 Å². The molecule has 1 aliphatic heterocycles. The van der Waals surface area contributed by atoms with Crippen molar-refractivity contribution in [2.45, 2.75) is 19.1 Å². The second kappa shape index (κ2) is 3.44. The summed E-state index contributed by atoms with van der Waals surface area (Å²) in [6.07, 6.45) is 0.324. The van der Waals surface area contributed by atoms with E-state index >= 15 is 0 Å². The molecule has 0 aromatic rings. The van der Waals surface area contributed by atoms with Crippen LogP contribution in [0.25, 0.3) is 0 Å². The van der Waals surface area contributed by atoms with Crippen LogP contribution in [0.3, 0.4) is 0 Å². The molecular weight excluding hydrogens is 134 g/mol. The molecule has 0 aromatic carbocycles. The van der Waals surface area contributed by atoms with Crippen molar-refractivity contribution in [3.05, 3.63) is 0 Å². The Morgan fingerprint density at radius 2 is 2.56 bits per heavy atom. The van der Waals surface area contributed by atoms with Gasteiger partial charge in [0.1, 0.15) is 0 Å². The van der Waals surface area contributed by atoms with Crippen molar-refractivity contribution in [1.82, 2.24) is 5.32 Å². The molecule has 0 bridgehead atoms. The summed E-state index contributed by atoms with van der Waals surface area (Å²) in [5, 5.41) is 3.31. The molecule has 2 nitrogen and oxygen atoms in total. The van der Waals surface area contributed by atoms with Gasteiger partial charge in [-0.1, -0.05) is 0 Å². The van der Waals surface area contributed by atoms with Crippen molar-refractivity contribution in [3.63, 3.8) is 0 Å². The van der Waals surface area contributed by atoms with Crippen LogP contribution < -0.4 is 5.32 Å². The quantitative estimate of drug-likeness (QED) is 0.520. The molecule has 2 unspecified atom stereocenters. The molecule has 1 saturated heterocycles. The van der Waals surface area contributed by atoms with E-state index in [9.17, 15) is 0 Å². The summed E-state index contributed by atoms with van der Waals surface area (Å²) in [6.45, 7) is 3.89. The minimum atomic E-state index is 0.324. The highest BCUT2D eigenvalue weighted by Crippen LogP contribution is 2.01. The molecule has 0 radical (unpaired) electrons. The maximum Gasteiger partial charge on any atom is 0.0788 e.